The molecule has 0 bridgehead atoms. The van der Waals surface area contributed by atoms with Crippen molar-refractivity contribution in [3.05, 3.63) is 27.6 Å². The second-order valence-corrected chi connectivity index (χ2v) is 4.05. The number of aromatic hydroxyl groups is 1. The van der Waals surface area contributed by atoms with Crippen molar-refractivity contribution < 1.29 is 5.11 Å². The molecule has 0 aliphatic rings. The Morgan fingerprint density at radius 1 is 1.17 bits per heavy atom. The fourth-order valence-electron chi connectivity index (χ4n) is 1.06. The highest BCUT2D eigenvalue weighted by Gasteiger charge is 2.09. The van der Waals surface area contributed by atoms with Crippen molar-refractivity contribution in [1.29, 1.82) is 0 Å². The van der Waals surface area contributed by atoms with Crippen LogP contribution in [-0.4, -0.2) is 5.11 Å². The van der Waals surface area contributed by atoms with Crippen molar-refractivity contribution in [3.8, 4) is 5.75 Å². The Balaban J connectivity index is 2.98. The van der Waals surface area contributed by atoms with E-state index in [1.54, 1.807) is 17.5 Å². The summed E-state index contributed by atoms with van der Waals surface area (Å²) in [5.41, 5.74) is 0. The molecule has 0 spiro atoms. The first-order chi connectivity index (χ1) is 5.70. The van der Waals surface area contributed by atoms with Gasteiger partial charge >= 0.3 is 0 Å². The fraction of sp³-hybridized carbons (Fsp3) is 0. The van der Waals surface area contributed by atoms with E-state index in [2.05, 4.69) is 0 Å². The molecule has 4 heteroatoms. The maximum atomic E-state index is 9.38. The topological polar surface area (TPSA) is 20.2 Å². The molecule has 0 saturated heterocycles. The summed E-state index contributed by atoms with van der Waals surface area (Å²) < 4.78 is 0.835. The lowest BCUT2D eigenvalue weighted by Gasteiger charge is -1.96. The van der Waals surface area contributed by atoms with E-state index in [0.717, 1.165) is 4.70 Å². The molecule has 0 amide bonds. The summed E-state index contributed by atoms with van der Waals surface area (Å²) >= 11 is 13.1. The van der Waals surface area contributed by atoms with E-state index < -0.39 is 0 Å². The van der Waals surface area contributed by atoms with Gasteiger partial charge < -0.3 is 5.11 Å². The van der Waals surface area contributed by atoms with Gasteiger partial charge in [-0.05, 0) is 12.1 Å². The third-order valence-electron chi connectivity index (χ3n) is 1.60. The highest BCUT2D eigenvalue weighted by Crippen LogP contribution is 2.40. The van der Waals surface area contributed by atoms with Crippen LogP contribution < -0.4 is 0 Å². The zero-order valence-corrected chi connectivity index (χ0v) is 8.17. The van der Waals surface area contributed by atoms with Crippen LogP contribution in [0.25, 0.3) is 10.1 Å². The van der Waals surface area contributed by atoms with Crippen LogP contribution in [0.5, 0.6) is 5.75 Å². The summed E-state index contributed by atoms with van der Waals surface area (Å²) in [6, 6.07) is 3.40. The second-order valence-electron chi connectivity index (χ2n) is 2.35. The van der Waals surface area contributed by atoms with Crippen molar-refractivity contribution in [3.63, 3.8) is 0 Å². The monoisotopic (exact) mass is 218 g/mol. The van der Waals surface area contributed by atoms with Crippen LogP contribution in [0.4, 0.5) is 0 Å². The van der Waals surface area contributed by atoms with E-state index in [1.807, 2.05) is 0 Å². The minimum Gasteiger partial charge on any atom is -0.506 e. The minimum atomic E-state index is 0.197. The predicted molar refractivity (Wildman–Crippen MR) is 53.5 cm³/mol. The Hall–Kier alpha value is -0.440. The van der Waals surface area contributed by atoms with Gasteiger partial charge in [0.2, 0.25) is 0 Å². The molecular weight excluding hydrogens is 215 g/mol. The van der Waals surface area contributed by atoms with Crippen LogP contribution in [-0.2, 0) is 0 Å². The first-order valence-electron chi connectivity index (χ1n) is 3.24. The predicted octanol–water partition coefficient (Wildman–Crippen LogP) is 3.91. The lowest BCUT2D eigenvalue weighted by Crippen LogP contribution is -1.68. The lowest BCUT2D eigenvalue weighted by molar-refractivity contribution is 0.484. The highest BCUT2D eigenvalue weighted by atomic mass is 35.5. The molecule has 0 fully saturated rings. The third kappa shape index (κ3) is 1.07. The molecule has 1 nitrogen and oxygen atoms in total. The van der Waals surface area contributed by atoms with Crippen LogP contribution in [0.3, 0.4) is 0 Å². The van der Waals surface area contributed by atoms with Gasteiger partial charge in [0.15, 0.2) is 0 Å². The largest absolute Gasteiger partial charge is 0.506 e. The normalized spacial score (nSPS) is 10.8. The zero-order chi connectivity index (χ0) is 8.72. The van der Waals surface area contributed by atoms with Gasteiger partial charge in [0.25, 0.3) is 0 Å². The molecule has 1 heterocycles. The SMILES string of the molecule is Oc1csc2c(Cl)ccc(Cl)c12. The first kappa shape index (κ1) is 8.17. The Bertz CT molecular complexity index is 436. The van der Waals surface area contributed by atoms with Crippen molar-refractivity contribution in [2.45, 2.75) is 0 Å². The van der Waals surface area contributed by atoms with Gasteiger partial charge in [0.05, 0.1) is 20.1 Å². The van der Waals surface area contributed by atoms with Gasteiger partial charge in [0, 0.05) is 5.38 Å². The molecular formula is C8H4Cl2OS. The van der Waals surface area contributed by atoms with Gasteiger partial charge in [-0.2, -0.15) is 0 Å². The minimum absolute atomic E-state index is 0.197. The van der Waals surface area contributed by atoms with E-state index in [0.29, 0.717) is 15.4 Å². The molecule has 0 aliphatic carbocycles. The number of fused-ring (bicyclic) bond motifs is 1. The number of hydrogen-bond donors (Lipinski definition) is 1. The molecule has 2 rings (SSSR count). The third-order valence-corrected chi connectivity index (χ3v) is 3.35. The molecule has 0 aliphatic heterocycles. The summed E-state index contributed by atoms with van der Waals surface area (Å²) in [4.78, 5) is 0. The maximum absolute atomic E-state index is 9.38. The van der Waals surface area contributed by atoms with E-state index in [-0.39, 0.29) is 5.75 Å². The van der Waals surface area contributed by atoms with Crippen molar-refractivity contribution in [2.24, 2.45) is 0 Å². The first-order valence-corrected chi connectivity index (χ1v) is 4.88. The number of hydrogen-bond acceptors (Lipinski definition) is 2. The number of thiophene rings is 1. The van der Waals surface area contributed by atoms with Gasteiger partial charge in [-0.3, -0.25) is 0 Å². The van der Waals surface area contributed by atoms with Gasteiger partial charge in [0.1, 0.15) is 5.75 Å². The average Bonchev–Trinajstić information content (AvgIpc) is 2.42. The smallest absolute Gasteiger partial charge is 0.135 e. The number of halogens is 2. The van der Waals surface area contributed by atoms with Crippen molar-refractivity contribution in [2.75, 3.05) is 0 Å². The van der Waals surface area contributed by atoms with Gasteiger partial charge in [-0.1, -0.05) is 23.2 Å². The Kier molecular flexibility index (Phi) is 1.91. The molecule has 62 valence electrons. The Morgan fingerprint density at radius 3 is 2.50 bits per heavy atom. The molecule has 0 atom stereocenters. The standard InChI is InChI=1S/C8H4Cl2OS/c9-4-1-2-5(10)8-7(4)6(11)3-12-8/h1-3,11H. The Labute approximate surface area is 83.2 Å². The lowest BCUT2D eigenvalue weighted by atomic mass is 10.2. The molecule has 0 radical (unpaired) electrons. The average molecular weight is 219 g/mol. The van der Waals surface area contributed by atoms with Crippen LogP contribution in [0.1, 0.15) is 0 Å². The summed E-state index contributed by atoms with van der Waals surface area (Å²) in [6.07, 6.45) is 0. The molecule has 0 unspecified atom stereocenters. The van der Waals surface area contributed by atoms with E-state index in [9.17, 15) is 5.11 Å². The van der Waals surface area contributed by atoms with Gasteiger partial charge in [-0.25, -0.2) is 0 Å². The van der Waals surface area contributed by atoms with Crippen molar-refractivity contribution >= 4 is 44.6 Å². The molecule has 1 N–H and O–H groups in total. The fourth-order valence-corrected chi connectivity index (χ4v) is 2.52. The molecule has 12 heavy (non-hydrogen) atoms. The van der Waals surface area contributed by atoms with E-state index in [4.69, 9.17) is 23.2 Å². The molecule has 2 aromatic rings. The molecule has 1 aromatic carbocycles. The maximum Gasteiger partial charge on any atom is 0.135 e. The van der Waals surface area contributed by atoms with Crippen molar-refractivity contribution in [1.82, 2.24) is 0 Å². The summed E-state index contributed by atoms with van der Waals surface area (Å²) in [7, 11) is 0. The van der Waals surface area contributed by atoms with E-state index in [1.165, 1.54) is 11.3 Å². The van der Waals surface area contributed by atoms with Crippen LogP contribution in [0.2, 0.25) is 10.0 Å². The van der Waals surface area contributed by atoms with Crippen LogP contribution in [0.15, 0.2) is 17.5 Å². The molecule has 0 saturated carbocycles. The second kappa shape index (κ2) is 2.80. The zero-order valence-electron chi connectivity index (χ0n) is 5.84. The molecule has 1 aromatic heterocycles. The summed E-state index contributed by atoms with van der Waals surface area (Å²) in [5.74, 6) is 0.197. The number of benzene rings is 1. The number of rotatable bonds is 0. The summed E-state index contributed by atoms with van der Waals surface area (Å²) in [6.45, 7) is 0. The van der Waals surface area contributed by atoms with Crippen LogP contribution >= 0.6 is 34.5 Å². The Morgan fingerprint density at radius 2 is 1.83 bits per heavy atom. The van der Waals surface area contributed by atoms with Crippen LogP contribution in [0, 0.1) is 0 Å². The van der Waals surface area contributed by atoms with E-state index >= 15 is 0 Å². The quantitative estimate of drug-likeness (QED) is 0.711. The summed E-state index contributed by atoms with van der Waals surface area (Å²) in [5, 5.41) is 12.8. The highest BCUT2D eigenvalue weighted by molar-refractivity contribution is 7.18. The van der Waals surface area contributed by atoms with Gasteiger partial charge in [-0.15, -0.1) is 11.3 Å².